The molecule has 1 amide bonds. The SMILES string of the molecule is CC(O)C1CCN(C(=O)c2ccc(CO)cc2)CC1. The molecule has 1 aliphatic heterocycles. The van der Waals surface area contributed by atoms with Gasteiger partial charge in [-0.2, -0.15) is 0 Å². The van der Waals surface area contributed by atoms with Crippen LogP contribution < -0.4 is 0 Å². The fraction of sp³-hybridized carbons (Fsp3) is 0.533. The van der Waals surface area contributed by atoms with Crippen molar-refractivity contribution in [2.45, 2.75) is 32.5 Å². The highest BCUT2D eigenvalue weighted by molar-refractivity contribution is 5.94. The van der Waals surface area contributed by atoms with E-state index < -0.39 is 0 Å². The van der Waals surface area contributed by atoms with Crippen LogP contribution in [0, 0.1) is 5.92 Å². The molecule has 1 atom stereocenters. The van der Waals surface area contributed by atoms with Crippen LogP contribution in [0.5, 0.6) is 0 Å². The molecule has 0 aliphatic carbocycles. The van der Waals surface area contributed by atoms with Crippen LogP contribution in [0.1, 0.15) is 35.7 Å². The normalized spacial score (nSPS) is 18.4. The van der Waals surface area contributed by atoms with Gasteiger partial charge in [0.15, 0.2) is 0 Å². The van der Waals surface area contributed by atoms with Crippen molar-refractivity contribution in [3.05, 3.63) is 35.4 Å². The number of nitrogens with zero attached hydrogens (tertiary/aromatic N) is 1. The second kappa shape index (κ2) is 6.17. The molecule has 1 saturated heterocycles. The molecule has 1 aromatic carbocycles. The lowest BCUT2D eigenvalue weighted by Crippen LogP contribution is -2.40. The molecule has 104 valence electrons. The summed E-state index contributed by atoms with van der Waals surface area (Å²) >= 11 is 0. The summed E-state index contributed by atoms with van der Waals surface area (Å²) in [7, 11) is 0. The Hall–Kier alpha value is -1.39. The summed E-state index contributed by atoms with van der Waals surface area (Å²) in [5.74, 6) is 0.342. The number of likely N-dealkylation sites (tertiary alicyclic amines) is 1. The molecule has 2 rings (SSSR count). The number of benzene rings is 1. The zero-order chi connectivity index (χ0) is 13.8. The van der Waals surface area contributed by atoms with Crippen LogP contribution in [0.3, 0.4) is 0 Å². The van der Waals surface area contributed by atoms with E-state index in [1.54, 1.807) is 24.3 Å². The van der Waals surface area contributed by atoms with E-state index >= 15 is 0 Å². The van der Waals surface area contributed by atoms with Gasteiger partial charge in [-0.15, -0.1) is 0 Å². The van der Waals surface area contributed by atoms with Crippen molar-refractivity contribution in [2.75, 3.05) is 13.1 Å². The van der Waals surface area contributed by atoms with Crippen LogP contribution in [0.25, 0.3) is 0 Å². The first-order chi connectivity index (χ1) is 9.11. The van der Waals surface area contributed by atoms with Gasteiger partial charge in [0, 0.05) is 18.7 Å². The van der Waals surface area contributed by atoms with Crippen molar-refractivity contribution in [3.63, 3.8) is 0 Å². The smallest absolute Gasteiger partial charge is 0.253 e. The van der Waals surface area contributed by atoms with Crippen molar-refractivity contribution in [3.8, 4) is 0 Å². The second-order valence-electron chi connectivity index (χ2n) is 5.23. The minimum atomic E-state index is -0.291. The van der Waals surface area contributed by atoms with E-state index in [0.29, 0.717) is 24.6 Å². The van der Waals surface area contributed by atoms with Gasteiger partial charge in [-0.3, -0.25) is 4.79 Å². The van der Waals surface area contributed by atoms with Crippen molar-refractivity contribution >= 4 is 5.91 Å². The molecule has 19 heavy (non-hydrogen) atoms. The maximum absolute atomic E-state index is 12.3. The Morgan fingerprint density at radius 2 is 1.89 bits per heavy atom. The van der Waals surface area contributed by atoms with Crippen molar-refractivity contribution in [1.82, 2.24) is 4.90 Å². The molecule has 4 heteroatoms. The van der Waals surface area contributed by atoms with Gasteiger partial charge < -0.3 is 15.1 Å². The number of hydrogen-bond donors (Lipinski definition) is 2. The monoisotopic (exact) mass is 263 g/mol. The molecule has 0 radical (unpaired) electrons. The van der Waals surface area contributed by atoms with E-state index in [0.717, 1.165) is 18.4 Å². The molecule has 0 spiro atoms. The Morgan fingerprint density at radius 3 is 2.37 bits per heavy atom. The first-order valence-electron chi connectivity index (χ1n) is 6.79. The van der Waals surface area contributed by atoms with Crippen LogP contribution in [-0.2, 0) is 6.61 Å². The average molecular weight is 263 g/mol. The summed E-state index contributed by atoms with van der Waals surface area (Å²) in [5.41, 5.74) is 1.47. The number of aliphatic hydroxyl groups is 2. The second-order valence-corrected chi connectivity index (χ2v) is 5.23. The molecule has 2 N–H and O–H groups in total. The first-order valence-corrected chi connectivity index (χ1v) is 6.79. The summed E-state index contributed by atoms with van der Waals surface area (Å²) in [6.07, 6.45) is 1.43. The van der Waals surface area contributed by atoms with E-state index in [9.17, 15) is 9.90 Å². The van der Waals surface area contributed by atoms with Gasteiger partial charge in [-0.25, -0.2) is 0 Å². The maximum Gasteiger partial charge on any atom is 0.253 e. The summed E-state index contributed by atoms with van der Waals surface area (Å²) in [6.45, 7) is 3.22. The van der Waals surface area contributed by atoms with Crippen LogP contribution >= 0.6 is 0 Å². The summed E-state index contributed by atoms with van der Waals surface area (Å²) in [5, 5.41) is 18.5. The average Bonchev–Trinajstić information content (AvgIpc) is 2.46. The van der Waals surface area contributed by atoms with Crippen molar-refractivity contribution < 1.29 is 15.0 Å². The van der Waals surface area contributed by atoms with Gasteiger partial charge in [0.2, 0.25) is 0 Å². The van der Waals surface area contributed by atoms with E-state index in [-0.39, 0.29) is 18.6 Å². The Bertz CT molecular complexity index is 420. The van der Waals surface area contributed by atoms with E-state index in [2.05, 4.69) is 0 Å². The van der Waals surface area contributed by atoms with Gasteiger partial charge in [-0.05, 0) is 43.4 Å². The molecule has 1 aliphatic rings. The fourth-order valence-electron chi connectivity index (χ4n) is 2.52. The van der Waals surface area contributed by atoms with Gasteiger partial charge in [-0.1, -0.05) is 12.1 Å². The van der Waals surface area contributed by atoms with E-state index in [1.165, 1.54) is 0 Å². The molecular weight excluding hydrogens is 242 g/mol. The third kappa shape index (κ3) is 3.33. The lowest BCUT2D eigenvalue weighted by Gasteiger charge is -2.33. The highest BCUT2D eigenvalue weighted by Gasteiger charge is 2.25. The Balaban J connectivity index is 1.97. The largest absolute Gasteiger partial charge is 0.393 e. The molecule has 1 unspecified atom stereocenters. The van der Waals surface area contributed by atoms with Crippen molar-refractivity contribution in [2.24, 2.45) is 5.92 Å². The number of aliphatic hydroxyl groups excluding tert-OH is 2. The third-order valence-electron chi connectivity index (χ3n) is 3.89. The minimum absolute atomic E-state index is 0.00570. The molecule has 1 heterocycles. The fourth-order valence-corrected chi connectivity index (χ4v) is 2.52. The topological polar surface area (TPSA) is 60.8 Å². The van der Waals surface area contributed by atoms with Gasteiger partial charge in [0.05, 0.1) is 12.7 Å². The van der Waals surface area contributed by atoms with Gasteiger partial charge >= 0.3 is 0 Å². The number of carbonyl (C=O) groups excluding carboxylic acids is 1. The maximum atomic E-state index is 12.3. The van der Waals surface area contributed by atoms with Crippen LogP contribution in [0.4, 0.5) is 0 Å². The highest BCUT2D eigenvalue weighted by atomic mass is 16.3. The Kier molecular flexibility index (Phi) is 4.56. The first kappa shape index (κ1) is 14.0. The molecular formula is C15H21NO3. The highest BCUT2D eigenvalue weighted by Crippen LogP contribution is 2.22. The summed E-state index contributed by atoms with van der Waals surface area (Å²) in [6, 6.07) is 7.06. The van der Waals surface area contributed by atoms with E-state index in [4.69, 9.17) is 5.11 Å². The molecule has 0 aromatic heterocycles. The van der Waals surface area contributed by atoms with E-state index in [1.807, 2.05) is 11.8 Å². The number of rotatable bonds is 3. The standard InChI is InChI=1S/C15H21NO3/c1-11(18)13-6-8-16(9-7-13)15(19)14-4-2-12(10-17)3-5-14/h2-5,11,13,17-18H,6-10H2,1H3. The zero-order valence-electron chi connectivity index (χ0n) is 11.2. The van der Waals surface area contributed by atoms with Crippen LogP contribution in [0.2, 0.25) is 0 Å². The Labute approximate surface area is 113 Å². The predicted molar refractivity (Wildman–Crippen MR) is 72.7 cm³/mol. The number of hydrogen-bond acceptors (Lipinski definition) is 3. The number of piperidine rings is 1. The number of carbonyl (C=O) groups is 1. The summed E-state index contributed by atoms with van der Waals surface area (Å²) in [4.78, 5) is 14.1. The zero-order valence-corrected chi connectivity index (χ0v) is 11.2. The third-order valence-corrected chi connectivity index (χ3v) is 3.89. The van der Waals surface area contributed by atoms with Gasteiger partial charge in [0.1, 0.15) is 0 Å². The van der Waals surface area contributed by atoms with Crippen LogP contribution in [-0.4, -0.2) is 40.2 Å². The number of amides is 1. The lowest BCUT2D eigenvalue weighted by molar-refractivity contribution is 0.0521. The lowest BCUT2D eigenvalue weighted by atomic mass is 9.92. The predicted octanol–water partition coefficient (Wildman–Crippen LogP) is 1.41. The minimum Gasteiger partial charge on any atom is -0.393 e. The molecule has 1 aromatic rings. The van der Waals surface area contributed by atoms with Crippen molar-refractivity contribution in [1.29, 1.82) is 0 Å². The molecule has 0 bridgehead atoms. The quantitative estimate of drug-likeness (QED) is 0.867. The Morgan fingerprint density at radius 1 is 1.32 bits per heavy atom. The van der Waals surface area contributed by atoms with Crippen LogP contribution in [0.15, 0.2) is 24.3 Å². The molecule has 1 fully saturated rings. The summed E-state index contributed by atoms with van der Waals surface area (Å²) < 4.78 is 0. The molecule has 4 nitrogen and oxygen atoms in total. The molecule has 0 saturated carbocycles. The van der Waals surface area contributed by atoms with Gasteiger partial charge in [0.25, 0.3) is 5.91 Å².